The van der Waals surface area contributed by atoms with E-state index in [0.29, 0.717) is 6.54 Å². The molecule has 0 bridgehead atoms. The molecule has 23 heavy (non-hydrogen) atoms. The van der Waals surface area contributed by atoms with Crippen LogP contribution < -0.4 is 10.2 Å². The maximum absolute atomic E-state index is 11.9. The molecule has 1 saturated heterocycles. The van der Waals surface area contributed by atoms with Crippen LogP contribution in [-0.2, 0) is 4.74 Å². The Balaban J connectivity index is 1.70. The van der Waals surface area contributed by atoms with E-state index in [1.165, 1.54) is 0 Å². The number of carbonyl (C=O) groups is 1. The summed E-state index contributed by atoms with van der Waals surface area (Å²) in [6, 6.07) is 1.97. The number of thiophene rings is 1. The van der Waals surface area contributed by atoms with Gasteiger partial charge in [-0.1, -0.05) is 0 Å². The molecule has 1 aliphatic heterocycles. The first-order chi connectivity index (χ1) is 10.8. The maximum Gasteiger partial charge on any atom is 0.407 e. The Hall–Kier alpha value is -1.60. The minimum Gasteiger partial charge on any atom is -0.444 e. The molecule has 0 aliphatic carbocycles. The molecule has 1 N–H and O–H groups in total. The van der Waals surface area contributed by atoms with Crippen molar-refractivity contribution in [2.75, 3.05) is 18.0 Å². The third-order valence-corrected chi connectivity index (χ3v) is 4.54. The minimum absolute atomic E-state index is 0.0357. The van der Waals surface area contributed by atoms with Gasteiger partial charge in [-0.05, 0) is 50.2 Å². The van der Waals surface area contributed by atoms with Crippen molar-refractivity contribution in [2.45, 2.75) is 38.8 Å². The van der Waals surface area contributed by atoms with Gasteiger partial charge in [-0.15, -0.1) is 11.3 Å². The van der Waals surface area contributed by atoms with Crippen molar-refractivity contribution in [1.82, 2.24) is 15.3 Å². The van der Waals surface area contributed by atoms with Gasteiger partial charge < -0.3 is 15.0 Å². The molecule has 1 unspecified atom stereocenters. The quantitative estimate of drug-likeness (QED) is 0.836. The summed E-state index contributed by atoms with van der Waals surface area (Å²) in [5.41, 5.74) is 0.361. The van der Waals surface area contributed by atoms with Gasteiger partial charge in [0.1, 0.15) is 5.60 Å². The fourth-order valence-electron chi connectivity index (χ4n) is 2.58. The molecule has 1 amide bonds. The molecule has 124 valence electrons. The molecule has 0 radical (unpaired) electrons. The first kappa shape index (κ1) is 16.3. The highest BCUT2D eigenvalue weighted by Crippen LogP contribution is 2.31. The Morgan fingerprint density at radius 1 is 1.48 bits per heavy atom. The Bertz CT molecular complexity index is 728. The van der Waals surface area contributed by atoms with Gasteiger partial charge in [0, 0.05) is 13.1 Å². The Morgan fingerprint density at radius 2 is 2.26 bits per heavy atom. The van der Waals surface area contributed by atoms with Crippen LogP contribution in [0.1, 0.15) is 27.2 Å². The molecule has 2 aromatic rings. The molecule has 1 fully saturated rings. The molecule has 0 spiro atoms. The molecule has 0 saturated carbocycles. The van der Waals surface area contributed by atoms with Crippen molar-refractivity contribution in [3.8, 4) is 0 Å². The van der Waals surface area contributed by atoms with Crippen molar-refractivity contribution >= 4 is 45.1 Å². The summed E-state index contributed by atoms with van der Waals surface area (Å²) in [7, 11) is 0. The molecule has 1 aliphatic rings. The van der Waals surface area contributed by atoms with Crippen LogP contribution >= 0.6 is 22.9 Å². The number of carbonyl (C=O) groups excluding carboxylic acids is 1. The average molecular weight is 355 g/mol. The number of hydrogen-bond donors (Lipinski definition) is 1. The van der Waals surface area contributed by atoms with Gasteiger partial charge >= 0.3 is 6.09 Å². The second-order valence-electron chi connectivity index (χ2n) is 6.53. The van der Waals surface area contributed by atoms with Gasteiger partial charge in [0.25, 0.3) is 0 Å². The second-order valence-corrected chi connectivity index (χ2v) is 7.78. The van der Waals surface area contributed by atoms with Crippen LogP contribution in [0.5, 0.6) is 0 Å². The zero-order valence-corrected chi connectivity index (χ0v) is 14.9. The largest absolute Gasteiger partial charge is 0.444 e. The van der Waals surface area contributed by atoms with Crippen molar-refractivity contribution < 1.29 is 9.53 Å². The van der Waals surface area contributed by atoms with Crippen LogP contribution in [0.4, 0.5) is 10.6 Å². The van der Waals surface area contributed by atoms with E-state index in [1.807, 2.05) is 32.2 Å². The highest BCUT2D eigenvalue weighted by molar-refractivity contribution is 7.17. The van der Waals surface area contributed by atoms with Crippen molar-refractivity contribution in [2.24, 2.45) is 0 Å². The normalized spacial score (nSPS) is 18.4. The van der Waals surface area contributed by atoms with E-state index >= 15 is 0 Å². The average Bonchev–Trinajstić information content (AvgIpc) is 3.03. The summed E-state index contributed by atoms with van der Waals surface area (Å²) in [6.07, 6.45) is 0.458. The number of halogens is 1. The van der Waals surface area contributed by atoms with E-state index in [-0.39, 0.29) is 17.4 Å². The van der Waals surface area contributed by atoms with E-state index in [4.69, 9.17) is 16.3 Å². The summed E-state index contributed by atoms with van der Waals surface area (Å²) in [5.74, 6) is 0.837. The summed E-state index contributed by atoms with van der Waals surface area (Å²) >= 11 is 7.61. The number of fused-ring (bicyclic) bond motifs is 1. The molecule has 2 aromatic heterocycles. The Morgan fingerprint density at radius 3 is 3.00 bits per heavy atom. The fraction of sp³-hybridized carbons (Fsp3) is 0.533. The highest BCUT2D eigenvalue weighted by atomic mass is 35.5. The molecule has 1 atom stereocenters. The van der Waals surface area contributed by atoms with Gasteiger partial charge in [0.15, 0.2) is 5.82 Å². The van der Waals surface area contributed by atoms with Crippen LogP contribution in [0.15, 0.2) is 11.4 Å². The third-order valence-electron chi connectivity index (χ3n) is 3.47. The maximum atomic E-state index is 11.9. The lowest BCUT2D eigenvalue weighted by Crippen LogP contribution is -2.40. The minimum atomic E-state index is -0.494. The van der Waals surface area contributed by atoms with E-state index < -0.39 is 5.60 Å². The van der Waals surface area contributed by atoms with Crippen LogP contribution in [0.2, 0.25) is 5.28 Å². The number of nitrogens with one attached hydrogen (secondary N) is 1. The van der Waals surface area contributed by atoms with Gasteiger partial charge in [0.05, 0.1) is 16.3 Å². The van der Waals surface area contributed by atoms with Crippen LogP contribution in [0.3, 0.4) is 0 Å². The SMILES string of the molecule is CC(C)(C)OC(=O)NC1CCN(c2nc(Cl)nc3ccsc23)C1. The Labute approximate surface area is 143 Å². The van der Waals surface area contributed by atoms with E-state index in [1.54, 1.807) is 11.3 Å². The molecular formula is C15H19ClN4O2S. The molecular weight excluding hydrogens is 336 g/mol. The third kappa shape index (κ3) is 3.84. The standard InChI is InChI=1S/C15H19ClN4O2S/c1-15(2,3)22-14(21)17-9-4-6-20(8-9)12-11-10(5-7-23-11)18-13(16)19-12/h5,7,9H,4,6,8H2,1-3H3,(H,17,21). The molecule has 8 heteroatoms. The predicted molar refractivity (Wildman–Crippen MR) is 92.4 cm³/mol. The lowest BCUT2D eigenvalue weighted by atomic mass is 10.2. The summed E-state index contributed by atoms with van der Waals surface area (Å²) in [6.45, 7) is 7.04. The molecule has 6 nitrogen and oxygen atoms in total. The number of aromatic nitrogens is 2. The number of nitrogens with zero attached hydrogens (tertiary/aromatic N) is 3. The van der Waals surface area contributed by atoms with E-state index in [9.17, 15) is 4.79 Å². The summed E-state index contributed by atoms with van der Waals surface area (Å²) < 4.78 is 6.32. The number of alkyl carbamates (subject to hydrolysis) is 1. The number of amides is 1. The van der Waals surface area contributed by atoms with Crippen LogP contribution in [0, 0.1) is 0 Å². The number of ether oxygens (including phenoxy) is 1. The lowest BCUT2D eigenvalue weighted by Gasteiger charge is -2.22. The number of anilines is 1. The van der Waals surface area contributed by atoms with Crippen molar-refractivity contribution in [3.05, 3.63) is 16.7 Å². The smallest absolute Gasteiger partial charge is 0.407 e. The summed E-state index contributed by atoms with van der Waals surface area (Å²) in [5, 5.41) is 5.14. The van der Waals surface area contributed by atoms with E-state index in [2.05, 4.69) is 20.2 Å². The molecule has 3 rings (SSSR count). The topological polar surface area (TPSA) is 67.3 Å². The zero-order valence-electron chi connectivity index (χ0n) is 13.3. The molecule has 3 heterocycles. The van der Waals surface area contributed by atoms with Crippen molar-refractivity contribution in [3.63, 3.8) is 0 Å². The van der Waals surface area contributed by atoms with Gasteiger partial charge in [-0.25, -0.2) is 9.78 Å². The monoisotopic (exact) mass is 354 g/mol. The van der Waals surface area contributed by atoms with Crippen LogP contribution in [-0.4, -0.2) is 40.8 Å². The fourth-order valence-corrected chi connectivity index (χ4v) is 3.60. The number of rotatable bonds is 2. The first-order valence-corrected chi connectivity index (χ1v) is 8.73. The highest BCUT2D eigenvalue weighted by Gasteiger charge is 2.28. The van der Waals surface area contributed by atoms with Gasteiger partial charge in [-0.3, -0.25) is 0 Å². The number of hydrogen-bond acceptors (Lipinski definition) is 6. The lowest BCUT2D eigenvalue weighted by molar-refractivity contribution is 0.0509. The summed E-state index contributed by atoms with van der Waals surface area (Å²) in [4.78, 5) is 22.6. The van der Waals surface area contributed by atoms with E-state index in [0.717, 1.165) is 29.0 Å². The van der Waals surface area contributed by atoms with Gasteiger partial charge in [-0.2, -0.15) is 4.98 Å². The zero-order chi connectivity index (χ0) is 16.6. The second kappa shape index (κ2) is 6.13. The first-order valence-electron chi connectivity index (χ1n) is 7.47. The van der Waals surface area contributed by atoms with Crippen molar-refractivity contribution in [1.29, 1.82) is 0 Å². The predicted octanol–water partition coefficient (Wildman–Crippen LogP) is 3.45. The molecule has 0 aromatic carbocycles. The van der Waals surface area contributed by atoms with Gasteiger partial charge in [0.2, 0.25) is 5.28 Å². The Kier molecular flexibility index (Phi) is 4.33. The van der Waals surface area contributed by atoms with Crippen LogP contribution in [0.25, 0.3) is 10.2 Å².